The van der Waals surface area contributed by atoms with E-state index in [0.717, 1.165) is 31.7 Å². The Labute approximate surface area is 157 Å². The molecule has 6 heteroatoms. The van der Waals surface area contributed by atoms with Gasteiger partial charge >= 0.3 is 0 Å². The smallest absolute Gasteiger partial charge is 0.241 e. The fourth-order valence-corrected chi connectivity index (χ4v) is 2.64. The molecule has 0 atom stereocenters. The minimum atomic E-state index is 0.0247. The van der Waals surface area contributed by atoms with Crippen LogP contribution >= 0.6 is 0 Å². The molecule has 1 aliphatic carbocycles. The predicted octanol–water partition coefficient (Wildman–Crippen LogP) is 2.02. The Morgan fingerprint density at radius 3 is 2.58 bits per heavy atom. The van der Waals surface area contributed by atoms with Gasteiger partial charge in [-0.25, -0.2) is 4.99 Å². The van der Waals surface area contributed by atoms with Crippen molar-refractivity contribution < 1.29 is 9.53 Å². The summed E-state index contributed by atoms with van der Waals surface area (Å²) in [5, 5.41) is 6.58. The molecule has 1 aromatic carbocycles. The molecule has 1 fully saturated rings. The van der Waals surface area contributed by atoms with Crippen molar-refractivity contribution in [1.29, 1.82) is 0 Å². The molecule has 0 radical (unpaired) electrons. The van der Waals surface area contributed by atoms with E-state index in [1.54, 1.807) is 19.0 Å². The standard InChI is InChI=1S/C20H32N4O2/c1-4-26-13-12-20(10-11-20)16-23-19(22-15-18(25)24(2)3)21-14-17-8-6-5-7-9-17/h5-9H,4,10-16H2,1-3H3,(H2,21,22,23). The van der Waals surface area contributed by atoms with Crippen molar-refractivity contribution in [3.8, 4) is 0 Å². The molecule has 2 N–H and O–H groups in total. The van der Waals surface area contributed by atoms with Gasteiger partial charge in [-0.3, -0.25) is 4.79 Å². The van der Waals surface area contributed by atoms with Crippen LogP contribution in [0.4, 0.5) is 0 Å². The maximum absolute atomic E-state index is 11.9. The number of nitrogens with one attached hydrogen (secondary N) is 2. The minimum Gasteiger partial charge on any atom is -0.382 e. The van der Waals surface area contributed by atoms with Crippen molar-refractivity contribution in [2.45, 2.75) is 32.7 Å². The van der Waals surface area contributed by atoms with Gasteiger partial charge in [-0.15, -0.1) is 0 Å². The lowest BCUT2D eigenvalue weighted by atomic mass is 10.0. The first kappa shape index (κ1) is 20.2. The van der Waals surface area contributed by atoms with Crippen LogP contribution in [0.1, 0.15) is 31.7 Å². The number of hydrogen-bond donors (Lipinski definition) is 2. The van der Waals surface area contributed by atoms with Gasteiger partial charge < -0.3 is 20.3 Å². The van der Waals surface area contributed by atoms with Gasteiger partial charge in [-0.1, -0.05) is 30.3 Å². The average Bonchev–Trinajstić information content (AvgIpc) is 3.42. The van der Waals surface area contributed by atoms with Crippen LogP contribution in [0.25, 0.3) is 0 Å². The van der Waals surface area contributed by atoms with Crippen LogP contribution in [0.5, 0.6) is 0 Å². The van der Waals surface area contributed by atoms with E-state index in [2.05, 4.69) is 27.8 Å². The predicted molar refractivity (Wildman–Crippen MR) is 105 cm³/mol. The maximum atomic E-state index is 11.9. The van der Waals surface area contributed by atoms with Crippen LogP contribution < -0.4 is 10.6 Å². The molecular weight excluding hydrogens is 328 g/mol. The molecule has 1 aliphatic rings. The van der Waals surface area contributed by atoms with Crippen molar-refractivity contribution >= 4 is 11.9 Å². The molecule has 26 heavy (non-hydrogen) atoms. The number of hydrogen-bond acceptors (Lipinski definition) is 3. The average molecular weight is 361 g/mol. The van der Waals surface area contributed by atoms with E-state index in [0.29, 0.717) is 17.9 Å². The van der Waals surface area contributed by atoms with Gasteiger partial charge in [-0.05, 0) is 37.2 Å². The normalized spacial score (nSPS) is 15.4. The highest BCUT2D eigenvalue weighted by atomic mass is 16.5. The highest BCUT2D eigenvalue weighted by Gasteiger charge is 2.41. The number of nitrogens with zero attached hydrogens (tertiary/aromatic N) is 2. The van der Waals surface area contributed by atoms with E-state index in [1.807, 2.05) is 25.1 Å². The number of likely N-dealkylation sites (N-methyl/N-ethyl adjacent to an activating group) is 1. The summed E-state index contributed by atoms with van der Waals surface area (Å²) in [7, 11) is 3.51. The van der Waals surface area contributed by atoms with Gasteiger partial charge in [0.05, 0.1) is 13.1 Å². The molecule has 0 bridgehead atoms. The molecule has 1 saturated carbocycles. The topological polar surface area (TPSA) is 66.0 Å². The summed E-state index contributed by atoms with van der Waals surface area (Å²) in [5.74, 6) is 0.712. The third kappa shape index (κ3) is 7.04. The van der Waals surface area contributed by atoms with E-state index in [4.69, 9.17) is 4.74 Å². The lowest BCUT2D eigenvalue weighted by molar-refractivity contribution is -0.127. The van der Waals surface area contributed by atoms with E-state index < -0.39 is 0 Å². The van der Waals surface area contributed by atoms with Crippen LogP contribution in [0.3, 0.4) is 0 Å². The molecule has 2 rings (SSSR count). The highest BCUT2D eigenvalue weighted by molar-refractivity contribution is 5.86. The summed E-state index contributed by atoms with van der Waals surface area (Å²) in [5.41, 5.74) is 1.46. The van der Waals surface area contributed by atoms with Crippen molar-refractivity contribution in [3.05, 3.63) is 35.9 Å². The molecule has 0 saturated heterocycles. The summed E-state index contributed by atoms with van der Waals surface area (Å²) < 4.78 is 5.50. The first-order chi connectivity index (χ1) is 12.5. The zero-order valence-electron chi connectivity index (χ0n) is 16.3. The molecule has 0 spiro atoms. The number of amides is 1. The van der Waals surface area contributed by atoms with E-state index >= 15 is 0 Å². The Kier molecular flexibility index (Phi) is 7.91. The number of rotatable bonds is 10. The number of carbonyl (C=O) groups is 1. The van der Waals surface area contributed by atoms with E-state index in [9.17, 15) is 4.79 Å². The fraction of sp³-hybridized carbons (Fsp3) is 0.600. The summed E-state index contributed by atoms with van der Waals surface area (Å²) in [6, 6.07) is 10.1. The maximum Gasteiger partial charge on any atom is 0.241 e. The van der Waals surface area contributed by atoms with Crippen molar-refractivity contribution in [3.63, 3.8) is 0 Å². The second-order valence-corrected chi connectivity index (χ2v) is 7.09. The molecule has 0 unspecified atom stereocenters. The lowest BCUT2D eigenvalue weighted by Gasteiger charge is -2.19. The summed E-state index contributed by atoms with van der Waals surface area (Å²) in [6.07, 6.45) is 3.50. The van der Waals surface area contributed by atoms with Crippen molar-refractivity contribution in [2.75, 3.05) is 40.4 Å². The van der Waals surface area contributed by atoms with E-state index in [-0.39, 0.29) is 12.5 Å². The van der Waals surface area contributed by atoms with Gasteiger partial charge in [0.15, 0.2) is 5.96 Å². The van der Waals surface area contributed by atoms with Crippen molar-refractivity contribution in [2.24, 2.45) is 10.4 Å². The van der Waals surface area contributed by atoms with Gasteiger partial charge in [0.25, 0.3) is 0 Å². The number of benzene rings is 1. The van der Waals surface area contributed by atoms with Crippen LogP contribution in [0, 0.1) is 5.41 Å². The Morgan fingerprint density at radius 1 is 1.23 bits per heavy atom. The molecule has 1 aromatic rings. The minimum absolute atomic E-state index is 0.0247. The second-order valence-electron chi connectivity index (χ2n) is 7.09. The Bertz CT molecular complexity index is 583. The number of carbonyl (C=O) groups excluding carboxylic acids is 1. The molecule has 144 valence electrons. The number of ether oxygens (including phenoxy) is 1. The third-order valence-electron chi connectivity index (χ3n) is 4.74. The van der Waals surface area contributed by atoms with E-state index in [1.165, 1.54) is 12.8 Å². The van der Waals surface area contributed by atoms with Crippen molar-refractivity contribution in [1.82, 2.24) is 15.5 Å². The lowest BCUT2D eigenvalue weighted by Crippen LogP contribution is -2.44. The molecule has 1 amide bonds. The summed E-state index contributed by atoms with van der Waals surface area (Å²) in [4.78, 5) is 18.1. The number of guanidine groups is 1. The van der Waals surface area contributed by atoms with Crippen LogP contribution in [-0.2, 0) is 16.1 Å². The highest BCUT2D eigenvalue weighted by Crippen LogP contribution is 2.48. The first-order valence-corrected chi connectivity index (χ1v) is 9.39. The Morgan fingerprint density at radius 2 is 1.96 bits per heavy atom. The first-order valence-electron chi connectivity index (χ1n) is 9.39. The van der Waals surface area contributed by atoms with Gasteiger partial charge in [-0.2, -0.15) is 0 Å². The Balaban J connectivity index is 1.90. The van der Waals surface area contributed by atoms with Crippen LogP contribution in [0.2, 0.25) is 0 Å². The summed E-state index contributed by atoms with van der Waals surface area (Å²) in [6.45, 7) is 5.27. The largest absolute Gasteiger partial charge is 0.382 e. The quantitative estimate of drug-likeness (QED) is 0.381. The molecule has 0 aliphatic heterocycles. The van der Waals surface area contributed by atoms with Crippen LogP contribution in [-0.4, -0.2) is 57.2 Å². The zero-order chi connectivity index (χ0) is 18.8. The molecule has 6 nitrogen and oxygen atoms in total. The van der Waals surface area contributed by atoms with Gasteiger partial charge in [0.1, 0.15) is 0 Å². The third-order valence-corrected chi connectivity index (χ3v) is 4.74. The second kappa shape index (κ2) is 10.2. The summed E-state index contributed by atoms with van der Waals surface area (Å²) >= 11 is 0. The van der Waals surface area contributed by atoms with Crippen LogP contribution in [0.15, 0.2) is 35.3 Å². The Hall–Kier alpha value is -2.08. The number of aliphatic imine (C=N–C) groups is 1. The fourth-order valence-electron chi connectivity index (χ4n) is 2.64. The molecule has 0 aromatic heterocycles. The monoisotopic (exact) mass is 360 g/mol. The molecular formula is C20H32N4O2. The molecule has 0 heterocycles. The SMILES string of the molecule is CCOCCC1(CNC(=NCc2ccccc2)NCC(=O)N(C)C)CC1. The van der Waals surface area contributed by atoms with Gasteiger partial charge in [0, 0.05) is 33.9 Å². The van der Waals surface area contributed by atoms with Gasteiger partial charge in [0.2, 0.25) is 5.91 Å². The zero-order valence-corrected chi connectivity index (χ0v) is 16.3.